The predicted molar refractivity (Wildman–Crippen MR) is 146 cm³/mol. The molecule has 3 unspecified atom stereocenters. The lowest BCUT2D eigenvalue weighted by molar-refractivity contribution is -0.274. The summed E-state index contributed by atoms with van der Waals surface area (Å²) in [5, 5.41) is 27.9. The highest BCUT2D eigenvalue weighted by Gasteiger charge is 2.32. The minimum Gasteiger partial charge on any atom is -0.426 e. The molecule has 0 saturated carbocycles. The molecular weight excluding hydrogens is 560 g/mol. The Kier molecular flexibility index (Phi) is 12.8. The van der Waals surface area contributed by atoms with Crippen molar-refractivity contribution in [3.63, 3.8) is 0 Å². The Labute approximate surface area is 241 Å². The van der Waals surface area contributed by atoms with Crippen LogP contribution in [-0.4, -0.2) is 71.7 Å². The van der Waals surface area contributed by atoms with E-state index in [0.717, 1.165) is 12.1 Å². The Morgan fingerprint density at radius 2 is 1.45 bits per heavy atom. The van der Waals surface area contributed by atoms with Gasteiger partial charge in [0.2, 0.25) is 23.6 Å². The third kappa shape index (κ3) is 12.2. The number of hydrogen-bond donors (Lipinski definition) is 6. The molecule has 11 nitrogen and oxygen atoms in total. The summed E-state index contributed by atoms with van der Waals surface area (Å²) in [6.45, 7) is 4.75. The van der Waals surface area contributed by atoms with Crippen molar-refractivity contribution in [2.45, 2.75) is 58.1 Å². The molecule has 2 aromatic carbocycles. The van der Waals surface area contributed by atoms with Crippen LogP contribution >= 0.6 is 0 Å². The fourth-order valence-corrected chi connectivity index (χ4v) is 3.80. The number of amides is 4. The van der Waals surface area contributed by atoms with Gasteiger partial charge >= 0.3 is 13.5 Å². The van der Waals surface area contributed by atoms with Crippen molar-refractivity contribution in [2.24, 2.45) is 5.92 Å². The number of nitrogens with one attached hydrogen (secondary N) is 4. The molecule has 0 aliphatic carbocycles. The first-order valence-electron chi connectivity index (χ1n) is 13.1. The zero-order valence-electron chi connectivity index (χ0n) is 23.3. The Morgan fingerprint density at radius 1 is 0.833 bits per heavy atom. The van der Waals surface area contributed by atoms with Gasteiger partial charge in [0.15, 0.2) is 0 Å². The van der Waals surface area contributed by atoms with Crippen LogP contribution in [0.2, 0.25) is 0 Å². The number of carbonyl (C=O) groups excluding carboxylic acids is 4. The van der Waals surface area contributed by atoms with E-state index in [1.165, 1.54) is 19.1 Å². The van der Waals surface area contributed by atoms with Crippen molar-refractivity contribution in [3.8, 4) is 5.75 Å². The van der Waals surface area contributed by atoms with Crippen LogP contribution in [0.1, 0.15) is 31.9 Å². The maximum absolute atomic E-state index is 13.3. The Hall–Kier alpha value is -4.11. The third-order valence-electron chi connectivity index (χ3n) is 5.91. The first-order valence-corrected chi connectivity index (χ1v) is 13.1. The van der Waals surface area contributed by atoms with Gasteiger partial charge in [-0.2, -0.15) is 0 Å². The van der Waals surface area contributed by atoms with E-state index in [9.17, 15) is 32.3 Å². The second kappa shape index (κ2) is 15.8. The van der Waals surface area contributed by atoms with E-state index in [4.69, 9.17) is 10.0 Å². The number of hydrogen-bond acceptors (Lipinski definition) is 7. The van der Waals surface area contributed by atoms with Gasteiger partial charge in [0.05, 0.1) is 12.9 Å². The molecule has 0 aliphatic heterocycles. The smallest absolute Gasteiger partial charge is 0.426 e. The van der Waals surface area contributed by atoms with E-state index in [1.54, 1.807) is 44.2 Å². The van der Waals surface area contributed by atoms with Crippen molar-refractivity contribution in [2.75, 3.05) is 6.44 Å². The van der Waals surface area contributed by atoms with Crippen LogP contribution in [0.5, 0.6) is 5.75 Å². The van der Waals surface area contributed by atoms with Gasteiger partial charge in [0.1, 0.15) is 23.9 Å². The van der Waals surface area contributed by atoms with Crippen LogP contribution in [-0.2, 0) is 32.0 Å². The molecule has 0 aromatic heterocycles. The maximum atomic E-state index is 13.3. The predicted octanol–water partition coefficient (Wildman–Crippen LogP) is 0.629. The zero-order valence-corrected chi connectivity index (χ0v) is 23.3. The average molecular weight is 594 g/mol. The van der Waals surface area contributed by atoms with Gasteiger partial charge < -0.3 is 36.1 Å². The first-order chi connectivity index (χ1) is 19.6. The standard InChI is InChI=1S/C27H34BF3N4O7/c1-16(2)23(35-22(36)14-19-9-11-20(12-10-19)42-27(29,30)31)26(39)34-21(13-18-7-5-4-6-8-18)25(38)33-17(3)24(37)32-15-28(40)41/h4-12,16-17,21,23,40-41H,13-15H2,1-3H3,(H,32,37)(H,33,38)(H,34,39)(H,35,36). The SMILES string of the molecule is CC(NC(=O)C(Cc1ccccc1)NC(=O)C(NC(=O)Cc1ccc(OC(F)(F)F)cc1)C(C)C)C(=O)NCB(O)O. The Morgan fingerprint density at radius 3 is 2.00 bits per heavy atom. The van der Waals surface area contributed by atoms with E-state index >= 15 is 0 Å². The molecule has 2 aromatic rings. The van der Waals surface area contributed by atoms with Crippen LogP contribution < -0.4 is 26.0 Å². The molecule has 3 atom stereocenters. The summed E-state index contributed by atoms with van der Waals surface area (Å²) in [5.74, 6) is -3.45. The summed E-state index contributed by atoms with van der Waals surface area (Å²) in [5.41, 5.74) is 1.09. The fraction of sp³-hybridized carbons (Fsp3) is 0.407. The molecular formula is C27H34BF3N4O7. The van der Waals surface area contributed by atoms with E-state index in [-0.39, 0.29) is 12.8 Å². The van der Waals surface area contributed by atoms with Crippen LogP contribution in [0, 0.1) is 5.92 Å². The highest BCUT2D eigenvalue weighted by atomic mass is 19.4. The van der Waals surface area contributed by atoms with Gasteiger partial charge in [-0.25, -0.2) is 0 Å². The van der Waals surface area contributed by atoms with Gasteiger partial charge in [-0.1, -0.05) is 56.3 Å². The van der Waals surface area contributed by atoms with E-state index < -0.39 is 73.3 Å². The molecule has 6 N–H and O–H groups in total. The third-order valence-corrected chi connectivity index (χ3v) is 5.91. The molecule has 2 rings (SSSR count). The molecule has 0 spiro atoms. The molecule has 0 radical (unpaired) electrons. The van der Waals surface area contributed by atoms with Gasteiger partial charge in [-0.05, 0) is 36.1 Å². The quantitative estimate of drug-likeness (QED) is 0.175. The Bertz CT molecular complexity index is 1200. The van der Waals surface area contributed by atoms with E-state index in [0.29, 0.717) is 11.1 Å². The largest absolute Gasteiger partial charge is 0.573 e. The van der Waals surface area contributed by atoms with Crippen molar-refractivity contribution in [1.82, 2.24) is 21.3 Å². The molecule has 0 fully saturated rings. The second-order valence-corrected chi connectivity index (χ2v) is 9.86. The highest BCUT2D eigenvalue weighted by molar-refractivity contribution is 6.41. The summed E-state index contributed by atoms with van der Waals surface area (Å²) in [4.78, 5) is 51.3. The first kappa shape index (κ1) is 34.1. The number of ether oxygens (including phenoxy) is 1. The van der Waals surface area contributed by atoms with Gasteiger partial charge in [-0.15, -0.1) is 13.2 Å². The topological polar surface area (TPSA) is 166 Å². The zero-order chi connectivity index (χ0) is 31.4. The van der Waals surface area contributed by atoms with Crippen LogP contribution in [0.25, 0.3) is 0 Å². The Balaban J connectivity index is 2.10. The van der Waals surface area contributed by atoms with Crippen LogP contribution in [0.4, 0.5) is 13.2 Å². The van der Waals surface area contributed by atoms with Crippen molar-refractivity contribution in [1.29, 1.82) is 0 Å². The molecule has 0 heterocycles. The second-order valence-electron chi connectivity index (χ2n) is 9.86. The van der Waals surface area contributed by atoms with Crippen molar-refractivity contribution in [3.05, 3.63) is 65.7 Å². The highest BCUT2D eigenvalue weighted by Crippen LogP contribution is 2.22. The van der Waals surface area contributed by atoms with Crippen molar-refractivity contribution >= 4 is 30.7 Å². The molecule has 0 bridgehead atoms. The summed E-state index contributed by atoms with van der Waals surface area (Å²) < 4.78 is 41.0. The summed E-state index contributed by atoms with van der Waals surface area (Å²) in [7, 11) is -1.77. The van der Waals surface area contributed by atoms with Gasteiger partial charge in [0.25, 0.3) is 0 Å². The number of carbonyl (C=O) groups is 4. The summed E-state index contributed by atoms with van der Waals surface area (Å²) >= 11 is 0. The van der Waals surface area contributed by atoms with Gasteiger partial charge in [-0.3, -0.25) is 19.2 Å². The summed E-state index contributed by atoms with van der Waals surface area (Å²) in [6, 6.07) is 10.2. The van der Waals surface area contributed by atoms with E-state index in [2.05, 4.69) is 26.0 Å². The minimum absolute atomic E-state index is 0.0627. The molecule has 0 aliphatic rings. The van der Waals surface area contributed by atoms with Crippen LogP contribution in [0.15, 0.2) is 54.6 Å². The molecule has 42 heavy (non-hydrogen) atoms. The van der Waals surface area contributed by atoms with Crippen molar-refractivity contribution < 1.29 is 47.1 Å². The van der Waals surface area contributed by atoms with Gasteiger partial charge in [0, 0.05) is 6.42 Å². The lowest BCUT2D eigenvalue weighted by atomic mass is 9.92. The average Bonchev–Trinajstić information content (AvgIpc) is 2.90. The number of alkyl halides is 3. The fourth-order valence-electron chi connectivity index (χ4n) is 3.80. The molecule has 15 heteroatoms. The number of halogens is 3. The molecule has 228 valence electrons. The lowest BCUT2D eigenvalue weighted by Crippen LogP contribution is -2.58. The van der Waals surface area contributed by atoms with E-state index in [1.807, 2.05) is 0 Å². The van der Waals surface area contributed by atoms with Crippen LogP contribution in [0.3, 0.4) is 0 Å². The maximum Gasteiger partial charge on any atom is 0.573 e. The molecule has 4 amide bonds. The lowest BCUT2D eigenvalue weighted by Gasteiger charge is -2.26. The number of rotatable bonds is 14. The number of benzene rings is 2. The monoisotopic (exact) mass is 594 g/mol. The molecule has 0 saturated heterocycles. The minimum atomic E-state index is -4.85. The normalized spacial score (nSPS) is 13.4. The summed E-state index contributed by atoms with van der Waals surface area (Å²) in [6.07, 6.45) is -5.45.